The third kappa shape index (κ3) is 1.30. The maximum Gasteiger partial charge on any atom is 0.141 e. The molecule has 4 heteroatoms. The number of halogens is 2. The molecule has 0 aromatic carbocycles. The molecule has 0 saturated carbocycles. The summed E-state index contributed by atoms with van der Waals surface area (Å²) in [7, 11) is 1.94. The van der Waals surface area contributed by atoms with Crippen LogP contribution in [0.5, 0.6) is 0 Å². The lowest BCUT2D eigenvalue weighted by molar-refractivity contribution is 0.947. The fourth-order valence-corrected chi connectivity index (χ4v) is 1.85. The largest absolute Gasteiger partial charge is 0.336 e. The van der Waals surface area contributed by atoms with E-state index in [1.807, 2.05) is 23.9 Å². The highest BCUT2D eigenvalue weighted by Crippen LogP contribution is 2.26. The Morgan fingerprint density at radius 2 is 2.31 bits per heavy atom. The van der Waals surface area contributed by atoms with Gasteiger partial charge in [0, 0.05) is 30.4 Å². The molecule has 68 valence electrons. The number of fused-ring (bicyclic) bond motifs is 1. The van der Waals surface area contributed by atoms with E-state index in [1.54, 1.807) is 6.20 Å². The summed E-state index contributed by atoms with van der Waals surface area (Å²) in [6, 6.07) is 1.95. The van der Waals surface area contributed by atoms with E-state index in [1.165, 1.54) is 0 Å². The predicted octanol–water partition coefficient (Wildman–Crippen LogP) is 2.97. The fourth-order valence-electron chi connectivity index (χ4n) is 1.32. The summed E-state index contributed by atoms with van der Waals surface area (Å²) in [5.41, 5.74) is 1.76. The van der Waals surface area contributed by atoms with Crippen LogP contribution in [-0.2, 0) is 12.9 Å². The first kappa shape index (κ1) is 8.85. The van der Waals surface area contributed by atoms with Gasteiger partial charge in [0.1, 0.15) is 5.65 Å². The highest BCUT2D eigenvalue weighted by atomic mass is 35.5. The molecule has 0 aliphatic heterocycles. The number of aromatic nitrogens is 2. The van der Waals surface area contributed by atoms with E-state index < -0.39 is 0 Å². The van der Waals surface area contributed by atoms with Gasteiger partial charge in [-0.15, -0.1) is 11.6 Å². The van der Waals surface area contributed by atoms with E-state index in [4.69, 9.17) is 23.2 Å². The molecule has 0 N–H and O–H groups in total. The van der Waals surface area contributed by atoms with E-state index in [9.17, 15) is 0 Å². The smallest absolute Gasteiger partial charge is 0.141 e. The number of nitrogens with zero attached hydrogens (tertiary/aromatic N) is 2. The van der Waals surface area contributed by atoms with Gasteiger partial charge in [-0.2, -0.15) is 0 Å². The lowest BCUT2D eigenvalue weighted by atomic mass is 10.2. The Kier molecular flexibility index (Phi) is 2.18. The van der Waals surface area contributed by atoms with Crippen molar-refractivity contribution in [2.24, 2.45) is 7.05 Å². The van der Waals surface area contributed by atoms with Crippen LogP contribution < -0.4 is 0 Å². The van der Waals surface area contributed by atoms with Crippen molar-refractivity contribution < 1.29 is 0 Å². The molecule has 0 spiro atoms. The van der Waals surface area contributed by atoms with Gasteiger partial charge < -0.3 is 4.57 Å². The summed E-state index contributed by atoms with van der Waals surface area (Å²) in [5.74, 6) is 0.399. The van der Waals surface area contributed by atoms with Crippen molar-refractivity contribution in [1.82, 2.24) is 9.55 Å². The summed E-state index contributed by atoms with van der Waals surface area (Å²) in [6.45, 7) is 0. The van der Waals surface area contributed by atoms with Crippen LogP contribution >= 0.6 is 23.2 Å². The molecular formula is C9H8Cl2N2. The highest BCUT2D eigenvalue weighted by Gasteiger charge is 2.07. The van der Waals surface area contributed by atoms with Crippen molar-refractivity contribution in [2.75, 3.05) is 0 Å². The quantitative estimate of drug-likeness (QED) is 0.668. The third-order valence-electron chi connectivity index (χ3n) is 2.04. The van der Waals surface area contributed by atoms with E-state index >= 15 is 0 Å². The fraction of sp³-hybridized carbons (Fsp3) is 0.222. The van der Waals surface area contributed by atoms with Crippen LogP contribution in [-0.4, -0.2) is 9.55 Å². The topological polar surface area (TPSA) is 17.8 Å². The molecule has 2 nitrogen and oxygen atoms in total. The number of hydrogen-bond acceptors (Lipinski definition) is 1. The van der Waals surface area contributed by atoms with Gasteiger partial charge in [-0.3, -0.25) is 0 Å². The predicted molar refractivity (Wildman–Crippen MR) is 55.3 cm³/mol. The van der Waals surface area contributed by atoms with Gasteiger partial charge in [0.2, 0.25) is 0 Å². The van der Waals surface area contributed by atoms with E-state index in [0.717, 1.165) is 16.6 Å². The Labute approximate surface area is 86.1 Å². The molecule has 2 heterocycles. The van der Waals surface area contributed by atoms with Crippen molar-refractivity contribution in [3.8, 4) is 0 Å². The first-order valence-corrected chi connectivity index (χ1v) is 4.79. The minimum atomic E-state index is 0.399. The van der Waals surface area contributed by atoms with Gasteiger partial charge in [0.15, 0.2) is 0 Å². The number of aryl methyl sites for hydroxylation is 1. The van der Waals surface area contributed by atoms with Crippen LogP contribution in [0.15, 0.2) is 18.5 Å². The van der Waals surface area contributed by atoms with Gasteiger partial charge in [-0.05, 0) is 6.07 Å². The minimum absolute atomic E-state index is 0.399. The Morgan fingerprint density at radius 1 is 1.54 bits per heavy atom. The molecule has 2 aromatic rings. The first-order chi connectivity index (χ1) is 6.24. The molecule has 2 aromatic heterocycles. The van der Waals surface area contributed by atoms with Crippen LogP contribution in [0.3, 0.4) is 0 Å². The summed E-state index contributed by atoms with van der Waals surface area (Å²) in [6.07, 6.45) is 3.65. The Balaban J connectivity index is 2.80. The van der Waals surface area contributed by atoms with Gasteiger partial charge in [0.25, 0.3) is 0 Å². The second-order valence-corrected chi connectivity index (χ2v) is 3.54. The average molecular weight is 215 g/mol. The molecule has 0 bridgehead atoms. The van der Waals surface area contributed by atoms with Crippen LogP contribution in [0.2, 0.25) is 5.02 Å². The standard InChI is InChI=1S/C9H8Cl2N2/c1-13-3-2-7-8(11)6(4-10)5-12-9(7)13/h2-3,5H,4H2,1H3. The molecule has 0 aliphatic rings. The lowest BCUT2D eigenvalue weighted by Crippen LogP contribution is -1.90. The summed E-state index contributed by atoms with van der Waals surface area (Å²) >= 11 is 11.8. The van der Waals surface area contributed by atoms with E-state index in [0.29, 0.717) is 10.9 Å². The monoisotopic (exact) mass is 214 g/mol. The zero-order valence-corrected chi connectivity index (χ0v) is 8.60. The molecular weight excluding hydrogens is 207 g/mol. The third-order valence-corrected chi connectivity index (χ3v) is 2.78. The van der Waals surface area contributed by atoms with Crippen LogP contribution in [0, 0.1) is 0 Å². The summed E-state index contributed by atoms with van der Waals surface area (Å²) in [5, 5.41) is 1.67. The summed E-state index contributed by atoms with van der Waals surface area (Å²) < 4.78 is 1.93. The maximum absolute atomic E-state index is 6.12. The SMILES string of the molecule is Cn1ccc2c(Cl)c(CCl)cnc21. The van der Waals surface area contributed by atoms with E-state index in [2.05, 4.69) is 4.98 Å². The molecule has 0 unspecified atom stereocenters. The maximum atomic E-state index is 6.12. The number of pyridine rings is 1. The van der Waals surface area contributed by atoms with Crippen LogP contribution in [0.25, 0.3) is 11.0 Å². The first-order valence-electron chi connectivity index (χ1n) is 3.88. The van der Waals surface area contributed by atoms with Crippen molar-refractivity contribution in [2.45, 2.75) is 5.88 Å². The molecule has 0 saturated heterocycles. The molecule has 0 atom stereocenters. The number of hydrogen-bond donors (Lipinski definition) is 0. The second kappa shape index (κ2) is 3.20. The Bertz CT molecular complexity index is 448. The number of rotatable bonds is 1. The normalized spacial score (nSPS) is 11.0. The van der Waals surface area contributed by atoms with Gasteiger partial charge >= 0.3 is 0 Å². The second-order valence-electron chi connectivity index (χ2n) is 2.89. The zero-order valence-electron chi connectivity index (χ0n) is 7.09. The summed E-state index contributed by atoms with van der Waals surface area (Å²) in [4.78, 5) is 4.27. The van der Waals surface area contributed by atoms with Crippen LogP contribution in [0.1, 0.15) is 5.56 Å². The van der Waals surface area contributed by atoms with Gasteiger partial charge in [-0.1, -0.05) is 11.6 Å². The van der Waals surface area contributed by atoms with Crippen molar-refractivity contribution in [1.29, 1.82) is 0 Å². The molecule has 0 radical (unpaired) electrons. The highest BCUT2D eigenvalue weighted by molar-refractivity contribution is 6.36. The molecule has 0 amide bonds. The Hall–Kier alpha value is -0.730. The lowest BCUT2D eigenvalue weighted by Gasteiger charge is -2.01. The van der Waals surface area contributed by atoms with Gasteiger partial charge in [-0.25, -0.2) is 4.98 Å². The molecule has 0 aliphatic carbocycles. The molecule has 2 rings (SSSR count). The van der Waals surface area contributed by atoms with Gasteiger partial charge in [0.05, 0.1) is 10.9 Å². The molecule has 0 fully saturated rings. The van der Waals surface area contributed by atoms with Crippen molar-refractivity contribution in [3.05, 3.63) is 29.0 Å². The van der Waals surface area contributed by atoms with Crippen LogP contribution in [0.4, 0.5) is 0 Å². The zero-order chi connectivity index (χ0) is 9.42. The molecule has 13 heavy (non-hydrogen) atoms. The van der Waals surface area contributed by atoms with E-state index in [-0.39, 0.29) is 0 Å². The number of alkyl halides is 1. The average Bonchev–Trinajstić information content (AvgIpc) is 2.50. The van der Waals surface area contributed by atoms with Crippen molar-refractivity contribution >= 4 is 34.2 Å². The van der Waals surface area contributed by atoms with Crippen molar-refractivity contribution in [3.63, 3.8) is 0 Å². The Morgan fingerprint density at radius 3 is 3.00 bits per heavy atom. The minimum Gasteiger partial charge on any atom is -0.336 e.